The van der Waals surface area contributed by atoms with E-state index in [9.17, 15) is 4.79 Å². The normalized spacial score (nSPS) is 15.3. The number of nitrogens with zero attached hydrogens (tertiary/aromatic N) is 4. The highest BCUT2D eigenvalue weighted by atomic mass is 32.1. The van der Waals surface area contributed by atoms with Gasteiger partial charge in [0.1, 0.15) is 17.0 Å². The fourth-order valence-corrected chi connectivity index (χ4v) is 4.94. The van der Waals surface area contributed by atoms with Crippen molar-refractivity contribution >= 4 is 49.9 Å². The van der Waals surface area contributed by atoms with Gasteiger partial charge in [0.05, 0.1) is 34.6 Å². The van der Waals surface area contributed by atoms with Crippen LogP contribution in [0.2, 0.25) is 0 Å². The summed E-state index contributed by atoms with van der Waals surface area (Å²) >= 11 is 1.52. The average Bonchev–Trinajstić information content (AvgIpc) is 3.57. The van der Waals surface area contributed by atoms with Crippen LogP contribution in [0.3, 0.4) is 0 Å². The molecule has 3 aromatic heterocycles. The van der Waals surface area contributed by atoms with Gasteiger partial charge < -0.3 is 10.6 Å². The third-order valence-corrected chi connectivity index (χ3v) is 6.73. The fourth-order valence-electron chi connectivity index (χ4n) is 4.08. The van der Waals surface area contributed by atoms with Crippen molar-refractivity contribution in [2.24, 2.45) is 0 Å². The lowest BCUT2D eigenvalue weighted by Gasteiger charge is -2.08. The molecule has 2 aromatic carbocycles. The van der Waals surface area contributed by atoms with Crippen LogP contribution in [0.5, 0.6) is 0 Å². The van der Waals surface area contributed by atoms with E-state index in [4.69, 9.17) is 0 Å². The minimum Gasteiger partial charge on any atom is -0.342 e. The molecule has 6 rings (SSSR count). The molecule has 1 saturated heterocycles. The summed E-state index contributed by atoms with van der Waals surface area (Å²) in [6.45, 7) is 0.729. The molecule has 34 heavy (non-hydrogen) atoms. The Morgan fingerprint density at radius 3 is 2.91 bits per heavy atom. The number of rotatable bonds is 4. The zero-order valence-electron chi connectivity index (χ0n) is 18.2. The summed E-state index contributed by atoms with van der Waals surface area (Å²) in [5.41, 5.74) is 3.22. The number of thiophene rings is 1. The maximum absolute atomic E-state index is 11.4. The number of benzene rings is 2. The fraction of sp³-hybridized carbons (Fsp3) is 0.154. The highest BCUT2D eigenvalue weighted by Gasteiger charge is 2.18. The van der Waals surface area contributed by atoms with Crippen LogP contribution in [0, 0.1) is 11.8 Å². The molecule has 0 bridgehead atoms. The van der Waals surface area contributed by atoms with E-state index < -0.39 is 0 Å². The highest BCUT2D eigenvalue weighted by molar-refractivity contribution is 7.19. The zero-order valence-corrected chi connectivity index (χ0v) is 19.0. The van der Waals surface area contributed by atoms with Crippen molar-refractivity contribution in [1.29, 1.82) is 0 Å². The molecule has 1 amide bonds. The Morgan fingerprint density at radius 1 is 1.15 bits per heavy atom. The van der Waals surface area contributed by atoms with Crippen LogP contribution in [0.15, 0.2) is 67.1 Å². The Morgan fingerprint density at radius 2 is 2.06 bits per heavy atom. The maximum Gasteiger partial charge on any atom is 0.221 e. The summed E-state index contributed by atoms with van der Waals surface area (Å²) in [4.78, 5) is 22.0. The van der Waals surface area contributed by atoms with Gasteiger partial charge in [-0.3, -0.25) is 9.48 Å². The van der Waals surface area contributed by atoms with Crippen LogP contribution in [0.4, 0.5) is 11.5 Å². The number of aromatic nitrogens is 4. The van der Waals surface area contributed by atoms with Crippen molar-refractivity contribution in [2.75, 3.05) is 5.32 Å². The zero-order chi connectivity index (χ0) is 22.9. The molecule has 1 atom stereocenters. The van der Waals surface area contributed by atoms with Gasteiger partial charge in [0.25, 0.3) is 0 Å². The molecule has 4 heterocycles. The standard InChI is InChI=1S/C26H20N6OS/c33-24-11-8-19(30-24)6-9-21-13-22-25(27-16-28-26(22)34-21)31-20-7-10-23-18(12-20)14-29-32(23)15-17-4-2-1-3-5-17/h1-5,7,10,12-14,16,19H,8,11,15H2,(H,30,33)(H,27,28,31)/t19-/m1/s1. The number of amides is 1. The van der Waals surface area contributed by atoms with E-state index in [-0.39, 0.29) is 11.9 Å². The van der Waals surface area contributed by atoms with Crippen molar-refractivity contribution in [2.45, 2.75) is 25.4 Å². The number of nitrogens with one attached hydrogen (secondary N) is 2. The SMILES string of the molecule is O=C1CC[C@@H](C#Cc2cc3c(Nc4ccc5c(cnn5Cc5ccccc5)c4)ncnc3s2)N1. The number of anilines is 2. The average molecular weight is 465 g/mol. The Hall–Kier alpha value is -4.22. The molecule has 7 nitrogen and oxygen atoms in total. The second kappa shape index (κ2) is 8.61. The Labute approximate surface area is 199 Å². The predicted octanol–water partition coefficient (Wildman–Crippen LogP) is 4.46. The van der Waals surface area contributed by atoms with Gasteiger partial charge in [0.15, 0.2) is 0 Å². The maximum atomic E-state index is 11.4. The van der Waals surface area contributed by atoms with Gasteiger partial charge in [-0.25, -0.2) is 9.97 Å². The molecule has 8 heteroatoms. The van der Waals surface area contributed by atoms with Gasteiger partial charge in [-0.05, 0) is 36.2 Å². The van der Waals surface area contributed by atoms with Crippen LogP contribution in [0.1, 0.15) is 23.3 Å². The number of carbonyl (C=O) groups excluding carboxylic acids is 1. The van der Waals surface area contributed by atoms with E-state index in [0.717, 1.165) is 50.5 Å². The van der Waals surface area contributed by atoms with E-state index in [1.807, 2.05) is 41.2 Å². The van der Waals surface area contributed by atoms with Gasteiger partial charge >= 0.3 is 0 Å². The number of fused-ring (bicyclic) bond motifs is 2. The van der Waals surface area contributed by atoms with Crippen LogP contribution < -0.4 is 10.6 Å². The van der Waals surface area contributed by atoms with Gasteiger partial charge in [0, 0.05) is 17.5 Å². The molecule has 1 fully saturated rings. The summed E-state index contributed by atoms with van der Waals surface area (Å²) in [5.74, 6) is 7.13. The molecule has 0 radical (unpaired) electrons. The quantitative estimate of drug-likeness (QED) is 0.384. The first kappa shape index (κ1) is 20.4. The Bertz CT molecular complexity index is 1580. The Balaban J connectivity index is 1.25. The minimum atomic E-state index is -0.0732. The third kappa shape index (κ3) is 4.09. The smallest absolute Gasteiger partial charge is 0.221 e. The lowest BCUT2D eigenvalue weighted by Crippen LogP contribution is -2.23. The van der Waals surface area contributed by atoms with Gasteiger partial charge in [-0.1, -0.05) is 42.2 Å². The summed E-state index contributed by atoms with van der Waals surface area (Å²) in [5, 5.41) is 12.9. The van der Waals surface area contributed by atoms with Crippen molar-refractivity contribution in [3.8, 4) is 11.8 Å². The van der Waals surface area contributed by atoms with Crippen molar-refractivity contribution in [3.63, 3.8) is 0 Å². The Kier molecular flexibility index (Phi) is 5.17. The first-order chi connectivity index (χ1) is 16.7. The second-order valence-corrected chi connectivity index (χ2v) is 9.20. The first-order valence-corrected chi connectivity index (χ1v) is 11.8. The molecular weight excluding hydrogens is 444 g/mol. The lowest BCUT2D eigenvalue weighted by atomic mass is 10.2. The monoisotopic (exact) mass is 464 g/mol. The van der Waals surface area contributed by atoms with Gasteiger partial charge in [-0.2, -0.15) is 5.10 Å². The molecular formula is C26H20N6OS. The van der Waals surface area contributed by atoms with Crippen molar-refractivity contribution in [1.82, 2.24) is 25.1 Å². The molecule has 0 saturated carbocycles. The first-order valence-electron chi connectivity index (χ1n) is 11.0. The summed E-state index contributed by atoms with van der Waals surface area (Å²) in [7, 11) is 0. The molecule has 0 aliphatic carbocycles. The lowest BCUT2D eigenvalue weighted by molar-refractivity contribution is -0.119. The summed E-state index contributed by atoms with van der Waals surface area (Å²) in [6.07, 6.45) is 4.75. The molecule has 2 N–H and O–H groups in total. The topological polar surface area (TPSA) is 84.7 Å². The molecule has 1 aliphatic heterocycles. The summed E-state index contributed by atoms with van der Waals surface area (Å²) < 4.78 is 2.01. The highest BCUT2D eigenvalue weighted by Crippen LogP contribution is 2.30. The molecule has 5 aromatic rings. The van der Waals surface area contributed by atoms with Gasteiger partial charge in [-0.15, -0.1) is 11.3 Å². The molecule has 0 spiro atoms. The van der Waals surface area contributed by atoms with Crippen LogP contribution >= 0.6 is 11.3 Å². The van der Waals surface area contributed by atoms with Crippen LogP contribution in [0.25, 0.3) is 21.1 Å². The van der Waals surface area contributed by atoms with E-state index in [1.165, 1.54) is 16.9 Å². The van der Waals surface area contributed by atoms with Gasteiger partial charge in [0.2, 0.25) is 5.91 Å². The second-order valence-electron chi connectivity index (χ2n) is 8.17. The van der Waals surface area contributed by atoms with Crippen molar-refractivity contribution < 1.29 is 4.79 Å². The number of hydrogen-bond acceptors (Lipinski definition) is 6. The number of carbonyl (C=O) groups is 1. The molecule has 1 aliphatic rings. The molecule has 166 valence electrons. The van der Waals surface area contributed by atoms with E-state index in [0.29, 0.717) is 6.42 Å². The third-order valence-electron chi connectivity index (χ3n) is 5.77. The largest absolute Gasteiger partial charge is 0.342 e. The van der Waals surface area contributed by atoms with E-state index in [1.54, 1.807) is 6.33 Å². The van der Waals surface area contributed by atoms with Crippen LogP contribution in [-0.2, 0) is 11.3 Å². The minimum absolute atomic E-state index is 0.0653. The predicted molar refractivity (Wildman–Crippen MR) is 134 cm³/mol. The number of hydrogen-bond donors (Lipinski definition) is 2. The van der Waals surface area contributed by atoms with Crippen LogP contribution in [-0.4, -0.2) is 31.7 Å². The summed E-state index contributed by atoms with van der Waals surface area (Å²) in [6, 6.07) is 18.4. The van der Waals surface area contributed by atoms with Crippen molar-refractivity contribution in [3.05, 3.63) is 77.6 Å². The van der Waals surface area contributed by atoms with E-state index >= 15 is 0 Å². The van der Waals surface area contributed by atoms with E-state index in [2.05, 4.69) is 61.8 Å². The molecule has 0 unspecified atom stereocenters.